The molecule has 0 bridgehead atoms. The molecule has 2 aliphatic rings. The summed E-state index contributed by atoms with van der Waals surface area (Å²) < 4.78 is 5.63. The highest BCUT2D eigenvalue weighted by molar-refractivity contribution is 8.15. The molecule has 0 aliphatic carbocycles. The first-order valence-electron chi connectivity index (χ1n) is 8.49. The van der Waals surface area contributed by atoms with Crippen LogP contribution in [0.3, 0.4) is 0 Å². The number of halogens is 1. The summed E-state index contributed by atoms with van der Waals surface area (Å²) in [6, 6.07) is 8.30. The van der Waals surface area contributed by atoms with E-state index in [-0.39, 0.29) is 11.9 Å². The minimum atomic E-state index is 0.234. The lowest BCUT2D eigenvalue weighted by atomic mass is 10.2. The van der Waals surface area contributed by atoms with Gasteiger partial charge in [-0.15, -0.1) is 11.6 Å². The number of ether oxygens (including phenoxy) is 1. The van der Waals surface area contributed by atoms with Crippen molar-refractivity contribution in [3.63, 3.8) is 0 Å². The second kappa shape index (κ2) is 8.26. The van der Waals surface area contributed by atoms with Crippen LogP contribution >= 0.6 is 23.4 Å². The monoisotopic (exact) mass is 366 g/mol. The van der Waals surface area contributed by atoms with Gasteiger partial charge < -0.3 is 9.64 Å². The number of nitrogens with zero attached hydrogens (tertiary/aromatic N) is 2. The number of aliphatic imine (C=N–C) groups is 1. The molecule has 4 nitrogen and oxygen atoms in total. The number of carbonyl (C=O) groups excluding carboxylic acids is 1. The molecule has 0 N–H and O–H groups in total. The lowest BCUT2D eigenvalue weighted by Crippen LogP contribution is -2.35. The number of benzene rings is 1. The molecule has 1 aromatic carbocycles. The molecule has 1 amide bonds. The second-order valence-electron chi connectivity index (χ2n) is 6.19. The van der Waals surface area contributed by atoms with Crippen LogP contribution in [0, 0.1) is 0 Å². The lowest BCUT2D eigenvalue weighted by molar-refractivity contribution is -0.127. The molecule has 0 saturated carbocycles. The molecule has 3 rings (SSSR count). The van der Waals surface area contributed by atoms with Crippen molar-refractivity contribution in [1.29, 1.82) is 0 Å². The van der Waals surface area contributed by atoms with E-state index in [0.29, 0.717) is 24.2 Å². The third-order valence-corrected chi connectivity index (χ3v) is 6.02. The van der Waals surface area contributed by atoms with Crippen molar-refractivity contribution in [1.82, 2.24) is 4.90 Å². The van der Waals surface area contributed by atoms with Crippen LogP contribution in [0.15, 0.2) is 29.3 Å². The Morgan fingerprint density at radius 2 is 2.17 bits per heavy atom. The fourth-order valence-electron chi connectivity index (χ4n) is 2.93. The Morgan fingerprint density at radius 3 is 2.83 bits per heavy atom. The predicted molar refractivity (Wildman–Crippen MR) is 100 cm³/mol. The Bertz CT molecular complexity index is 606. The SMILES string of the molecule is CC1N=C(c2ccc(OCCCCl)cc2)SC1CN1CCCC1=O. The van der Waals surface area contributed by atoms with Crippen molar-refractivity contribution in [2.45, 2.75) is 37.5 Å². The van der Waals surface area contributed by atoms with E-state index in [4.69, 9.17) is 21.3 Å². The van der Waals surface area contributed by atoms with Crippen LogP contribution in [0.2, 0.25) is 0 Å². The highest BCUT2D eigenvalue weighted by Gasteiger charge is 2.32. The van der Waals surface area contributed by atoms with E-state index in [0.717, 1.165) is 42.3 Å². The van der Waals surface area contributed by atoms with Gasteiger partial charge in [-0.05, 0) is 44.0 Å². The molecule has 6 heteroatoms. The van der Waals surface area contributed by atoms with Crippen molar-refractivity contribution in [2.24, 2.45) is 4.99 Å². The van der Waals surface area contributed by atoms with Gasteiger partial charge in [-0.25, -0.2) is 0 Å². The third-order valence-electron chi connectivity index (χ3n) is 4.34. The van der Waals surface area contributed by atoms with Gasteiger partial charge in [-0.1, -0.05) is 11.8 Å². The molecule has 2 aliphatic heterocycles. The molecule has 130 valence electrons. The summed E-state index contributed by atoms with van der Waals surface area (Å²) in [6.07, 6.45) is 2.54. The van der Waals surface area contributed by atoms with Gasteiger partial charge in [-0.2, -0.15) is 0 Å². The summed E-state index contributed by atoms with van der Waals surface area (Å²) in [5.74, 6) is 1.76. The van der Waals surface area contributed by atoms with Gasteiger partial charge in [0, 0.05) is 31.0 Å². The standard InChI is InChI=1S/C18H23ClN2O2S/c1-13-16(12-21-10-2-4-17(21)22)24-18(20-13)14-5-7-15(8-6-14)23-11-3-9-19/h5-8,13,16H,2-4,9-12H2,1H3. The zero-order valence-electron chi connectivity index (χ0n) is 13.9. The number of carbonyl (C=O) groups is 1. The van der Waals surface area contributed by atoms with Crippen LogP contribution in [0.25, 0.3) is 0 Å². The Kier molecular flexibility index (Phi) is 6.06. The summed E-state index contributed by atoms with van der Waals surface area (Å²) in [5.41, 5.74) is 1.12. The van der Waals surface area contributed by atoms with Gasteiger partial charge in [0.1, 0.15) is 5.75 Å². The maximum absolute atomic E-state index is 11.8. The van der Waals surface area contributed by atoms with E-state index in [2.05, 4.69) is 19.1 Å². The van der Waals surface area contributed by atoms with Crippen molar-refractivity contribution in [3.8, 4) is 5.75 Å². The largest absolute Gasteiger partial charge is 0.494 e. The quantitative estimate of drug-likeness (QED) is 0.547. The molecule has 24 heavy (non-hydrogen) atoms. The summed E-state index contributed by atoms with van der Waals surface area (Å²) in [6.45, 7) is 4.47. The van der Waals surface area contributed by atoms with Gasteiger partial charge in [0.15, 0.2) is 0 Å². The molecule has 2 atom stereocenters. The molecule has 1 saturated heterocycles. The zero-order chi connectivity index (χ0) is 16.9. The number of hydrogen-bond donors (Lipinski definition) is 0. The molecule has 0 aromatic heterocycles. The molecule has 2 heterocycles. The number of hydrogen-bond acceptors (Lipinski definition) is 4. The Hall–Kier alpha value is -1.20. The van der Waals surface area contributed by atoms with Crippen molar-refractivity contribution < 1.29 is 9.53 Å². The summed E-state index contributed by atoms with van der Waals surface area (Å²) >= 11 is 7.44. The van der Waals surface area contributed by atoms with E-state index >= 15 is 0 Å². The first-order chi connectivity index (χ1) is 11.7. The third kappa shape index (κ3) is 4.25. The number of likely N-dealkylation sites (tertiary alicyclic amines) is 1. The first kappa shape index (κ1) is 17.6. The second-order valence-corrected chi connectivity index (χ2v) is 7.80. The Morgan fingerprint density at radius 1 is 1.38 bits per heavy atom. The van der Waals surface area contributed by atoms with Crippen molar-refractivity contribution in [2.75, 3.05) is 25.6 Å². The number of alkyl halides is 1. The van der Waals surface area contributed by atoms with Crippen LogP contribution in [0.1, 0.15) is 31.7 Å². The van der Waals surface area contributed by atoms with Crippen LogP contribution < -0.4 is 4.74 Å². The van der Waals surface area contributed by atoms with Gasteiger partial charge in [0.05, 0.1) is 22.9 Å². The van der Waals surface area contributed by atoms with Crippen molar-refractivity contribution >= 4 is 34.3 Å². The van der Waals surface area contributed by atoms with Gasteiger partial charge in [-0.3, -0.25) is 9.79 Å². The van der Waals surface area contributed by atoms with E-state index in [1.54, 1.807) is 11.8 Å². The highest BCUT2D eigenvalue weighted by Crippen LogP contribution is 2.32. The number of amides is 1. The molecule has 0 spiro atoms. The smallest absolute Gasteiger partial charge is 0.222 e. The fraction of sp³-hybridized carbons (Fsp3) is 0.556. The minimum absolute atomic E-state index is 0.234. The molecule has 1 fully saturated rings. The van der Waals surface area contributed by atoms with Crippen molar-refractivity contribution in [3.05, 3.63) is 29.8 Å². The Labute approximate surface area is 152 Å². The number of rotatable bonds is 7. The summed E-state index contributed by atoms with van der Waals surface area (Å²) in [4.78, 5) is 18.6. The highest BCUT2D eigenvalue weighted by atomic mass is 35.5. The topological polar surface area (TPSA) is 41.9 Å². The summed E-state index contributed by atoms with van der Waals surface area (Å²) in [7, 11) is 0. The number of thioether (sulfide) groups is 1. The van der Waals surface area contributed by atoms with Crippen LogP contribution in [0.5, 0.6) is 5.75 Å². The zero-order valence-corrected chi connectivity index (χ0v) is 15.5. The molecular weight excluding hydrogens is 344 g/mol. The molecular formula is C18H23ClN2O2S. The van der Waals surface area contributed by atoms with E-state index < -0.39 is 0 Å². The van der Waals surface area contributed by atoms with Gasteiger partial charge >= 0.3 is 0 Å². The van der Waals surface area contributed by atoms with Gasteiger partial charge in [0.2, 0.25) is 5.91 Å². The summed E-state index contributed by atoms with van der Waals surface area (Å²) in [5, 5.41) is 1.41. The Balaban J connectivity index is 1.57. The average Bonchev–Trinajstić information content (AvgIpc) is 3.15. The van der Waals surface area contributed by atoms with E-state index in [1.165, 1.54) is 0 Å². The van der Waals surface area contributed by atoms with E-state index in [1.807, 2.05) is 17.0 Å². The van der Waals surface area contributed by atoms with Crippen LogP contribution in [-0.2, 0) is 4.79 Å². The predicted octanol–water partition coefficient (Wildman–Crippen LogP) is 3.57. The maximum Gasteiger partial charge on any atom is 0.222 e. The normalized spacial score (nSPS) is 23.7. The molecule has 2 unspecified atom stereocenters. The fourth-order valence-corrected chi connectivity index (χ4v) is 4.33. The van der Waals surface area contributed by atoms with E-state index in [9.17, 15) is 4.79 Å². The molecule has 1 aromatic rings. The van der Waals surface area contributed by atoms with Crippen LogP contribution in [0.4, 0.5) is 0 Å². The van der Waals surface area contributed by atoms with Gasteiger partial charge in [0.25, 0.3) is 0 Å². The van der Waals surface area contributed by atoms with Crippen LogP contribution in [-0.4, -0.2) is 52.7 Å². The average molecular weight is 367 g/mol. The maximum atomic E-state index is 11.8. The first-order valence-corrected chi connectivity index (χ1v) is 9.90. The minimum Gasteiger partial charge on any atom is -0.494 e. The molecule has 0 radical (unpaired) electrons. The lowest BCUT2D eigenvalue weighted by Gasteiger charge is -2.21.